The first-order valence-corrected chi connectivity index (χ1v) is 5.52. The Morgan fingerprint density at radius 3 is 2.50 bits per heavy atom. The molecule has 3 nitrogen and oxygen atoms in total. The highest BCUT2D eigenvalue weighted by atomic mass is 16.5. The number of ether oxygens (including phenoxy) is 1. The molecule has 0 radical (unpaired) electrons. The molecule has 3 heteroatoms. The molecule has 1 N–H and O–H groups in total. The van der Waals surface area contributed by atoms with Gasteiger partial charge in [0.1, 0.15) is 0 Å². The van der Waals surface area contributed by atoms with Crippen LogP contribution in [0.1, 0.15) is 26.7 Å². The molecule has 1 aliphatic heterocycles. The Morgan fingerprint density at radius 2 is 2.00 bits per heavy atom. The average molecular weight is 201 g/mol. The fourth-order valence-corrected chi connectivity index (χ4v) is 1.83. The monoisotopic (exact) mass is 201 g/mol. The summed E-state index contributed by atoms with van der Waals surface area (Å²) in [7, 11) is 1.74. The van der Waals surface area contributed by atoms with Crippen molar-refractivity contribution in [3.63, 3.8) is 0 Å². The number of rotatable bonds is 6. The Labute approximate surface area is 87.1 Å². The van der Waals surface area contributed by atoms with Crippen molar-refractivity contribution in [2.75, 3.05) is 33.4 Å². The third-order valence-electron chi connectivity index (χ3n) is 3.14. The molecule has 0 atom stereocenters. The van der Waals surface area contributed by atoms with Crippen molar-refractivity contribution >= 4 is 0 Å². The van der Waals surface area contributed by atoms with E-state index in [4.69, 9.17) is 4.74 Å². The molecule has 0 aromatic carbocycles. The van der Waals surface area contributed by atoms with Crippen molar-refractivity contribution in [2.24, 2.45) is 5.92 Å². The van der Waals surface area contributed by atoms with Crippen LogP contribution in [0.15, 0.2) is 0 Å². The molecule has 1 saturated heterocycles. The first kappa shape index (κ1) is 12.0. The minimum absolute atomic E-state index is 0.373. The Hall–Kier alpha value is -0.120. The summed E-state index contributed by atoms with van der Waals surface area (Å²) >= 11 is 0. The van der Waals surface area contributed by atoms with Crippen molar-refractivity contribution < 1.29 is 9.84 Å². The summed E-state index contributed by atoms with van der Waals surface area (Å²) in [4.78, 5) is 2.32. The van der Waals surface area contributed by atoms with Gasteiger partial charge in [0.2, 0.25) is 0 Å². The predicted molar refractivity (Wildman–Crippen MR) is 57.3 cm³/mol. The van der Waals surface area contributed by atoms with Gasteiger partial charge in [-0.05, 0) is 25.3 Å². The van der Waals surface area contributed by atoms with Gasteiger partial charge in [0.15, 0.2) is 0 Å². The maximum Gasteiger partial charge on any atom is 0.0922 e. The molecule has 0 spiro atoms. The molecule has 0 unspecified atom stereocenters. The first-order chi connectivity index (χ1) is 6.58. The fourth-order valence-electron chi connectivity index (χ4n) is 1.83. The summed E-state index contributed by atoms with van der Waals surface area (Å²) in [6, 6.07) is 0. The van der Waals surface area contributed by atoms with Crippen LogP contribution in [0, 0.1) is 5.92 Å². The van der Waals surface area contributed by atoms with Crippen molar-refractivity contribution in [1.82, 2.24) is 4.90 Å². The quantitative estimate of drug-likeness (QED) is 0.654. The summed E-state index contributed by atoms with van der Waals surface area (Å²) in [5.74, 6) is 0.373. The highest BCUT2D eigenvalue weighted by Gasteiger charge is 2.42. The summed E-state index contributed by atoms with van der Waals surface area (Å²) in [5.41, 5.74) is -0.415. The average Bonchev–Trinajstić information content (AvgIpc) is 2.08. The molecule has 84 valence electrons. The van der Waals surface area contributed by atoms with Gasteiger partial charge in [-0.25, -0.2) is 0 Å². The Morgan fingerprint density at radius 1 is 1.36 bits per heavy atom. The Bertz CT molecular complexity index is 165. The van der Waals surface area contributed by atoms with E-state index in [0.29, 0.717) is 5.92 Å². The van der Waals surface area contributed by atoms with Crippen LogP contribution in [0.2, 0.25) is 0 Å². The normalized spacial score (nSPS) is 21.2. The number of aliphatic hydroxyl groups is 1. The van der Waals surface area contributed by atoms with Crippen LogP contribution in [-0.4, -0.2) is 49.0 Å². The van der Waals surface area contributed by atoms with E-state index >= 15 is 0 Å². The predicted octanol–water partition coefficient (Wildman–Crippen LogP) is 1.12. The van der Waals surface area contributed by atoms with E-state index in [2.05, 4.69) is 18.7 Å². The van der Waals surface area contributed by atoms with E-state index in [1.165, 1.54) is 6.42 Å². The van der Waals surface area contributed by atoms with Gasteiger partial charge in [0.05, 0.1) is 5.60 Å². The van der Waals surface area contributed by atoms with E-state index in [9.17, 15) is 5.11 Å². The van der Waals surface area contributed by atoms with E-state index in [-0.39, 0.29) is 0 Å². The minimum atomic E-state index is -0.415. The van der Waals surface area contributed by atoms with Gasteiger partial charge < -0.3 is 9.84 Å². The van der Waals surface area contributed by atoms with E-state index in [1.807, 2.05) is 0 Å². The van der Waals surface area contributed by atoms with Gasteiger partial charge in [-0.3, -0.25) is 4.90 Å². The summed E-state index contributed by atoms with van der Waals surface area (Å²) in [5, 5.41) is 9.99. The lowest BCUT2D eigenvalue weighted by atomic mass is 9.83. The number of likely N-dealkylation sites (tertiary alicyclic amines) is 1. The SMILES string of the molecule is COCCCCN1CC(O)(C(C)C)C1. The summed E-state index contributed by atoms with van der Waals surface area (Å²) in [6.45, 7) is 7.81. The van der Waals surface area contributed by atoms with Crippen LogP contribution >= 0.6 is 0 Å². The Balaban J connectivity index is 2.04. The molecule has 1 heterocycles. The highest BCUT2D eigenvalue weighted by molar-refractivity contribution is 4.97. The molecule has 0 aromatic rings. The second-order valence-corrected chi connectivity index (χ2v) is 4.67. The summed E-state index contributed by atoms with van der Waals surface area (Å²) < 4.78 is 4.99. The van der Waals surface area contributed by atoms with Gasteiger partial charge in [0, 0.05) is 26.8 Å². The van der Waals surface area contributed by atoms with E-state index < -0.39 is 5.60 Å². The zero-order valence-electron chi connectivity index (χ0n) is 9.62. The fraction of sp³-hybridized carbons (Fsp3) is 1.00. The standard InChI is InChI=1S/C11H23NO2/c1-10(2)11(13)8-12(9-11)6-4-5-7-14-3/h10,13H,4-9H2,1-3H3. The van der Waals surface area contributed by atoms with Crippen LogP contribution in [0.5, 0.6) is 0 Å². The molecule has 1 rings (SSSR count). The lowest BCUT2D eigenvalue weighted by Gasteiger charge is -2.49. The number of nitrogens with zero attached hydrogens (tertiary/aromatic N) is 1. The molecule has 0 aromatic heterocycles. The van der Waals surface area contributed by atoms with Crippen LogP contribution in [0.25, 0.3) is 0 Å². The lowest BCUT2D eigenvalue weighted by Crippen LogP contribution is -2.64. The van der Waals surface area contributed by atoms with Crippen molar-refractivity contribution in [2.45, 2.75) is 32.3 Å². The van der Waals surface area contributed by atoms with Crippen molar-refractivity contribution in [1.29, 1.82) is 0 Å². The van der Waals surface area contributed by atoms with Gasteiger partial charge in [-0.1, -0.05) is 13.8 Å². The minimum Gasteiger partial charge on any atom is -0.387 e. The number of β-amino-alcohol motifs (C(OH)–C–C–N with tert-alkyl or cyclic N) is 1. The molecule has 0 saturated carbocycles. The Kier molecular flexibility index (Phi) is 4.35. The molecule has 0 amide bonds. The molecular weight excluding hydrogens is 178 g/mol. The van der Waals surface area contributed by atoms with E-state index in [1.54, 1.807) is 7.11 Å². The summed E-state index contributed by atoms with van der Waals surface area (Å²) in [6.07, 6.45) is 2.29. The highest BCUT2D eigenvalue weighted by Crippen LogP contribution is 2.28. The molecule has 14 heavy (non-hydrogen) atoms. The topological polar surface area (TPSA) is 32.7 Å². The van der Waals surface area contributed by atoms with Crippen LogP contribution < -0.4 is 0 Å². The lowest BCUT2D eigenvalue weighted by molar-refractivity contribution is -0.127. The largest absolute Gasteiger partial charge is 0.387 e. The molecule has 0 bridgehead atoms. The smallest absolute Gasteiger partial charge is 0.0922 e. The molecule has 1 aliphatic rings. The zero-order chi connectivity index (χ0) is 10.6. The molecule has 0 aliphatic carbocycles. The van der Waals surface area contributed by atoms with Gasteiger partial charge >= 0.3 is 0 Å². The van der Waals surface area contributed by atoms with Crippen molar-refractivity contribution in [3.05, 3.63) is 0 Å². The first-order valence-electron chi connectivity index (χ1n) is 5.52. The maximum atomic E-state index is 9.99. The second kappa shape index (κ2) is 5.10. The third-order valence-corrected chi connectivity index (χ3v) is 3.14. The molecule has 1 fully saturated rings. The number of hydrogen-bond acceptors (Lipinski definition) is 3. The number of methoxy groups -OCH3 is 1. The van der Waals surface area contributed by atoms with Crippen LogP contribution in [-0.2, 0) is 4.74 Å². The van der Waals surface area contributed by atoms with Gasteiger partial charge in [-0.2, -0.15) is 0 Å². The van der Waals surface area contributed by atoms with Gasteiger partial charge in [0.25, 0.3) is 0 Å². The van der Waals surface area contributed by atoms with E-state index in [0.717, 1.165) is 32.7 Å². The van der Waals surface area contributed by atoms with Crippen LogP contribution in [0.4, 0.5) is 0 Å². The second-order valence-electron chi connectivity index (χ2n) is 4.67. The van der Waals surface area contributed by atoms with Gasteiger partial charge in [-0.15, -0.1) is 0 Å². The zero-order valence-corrected chi connectivity index (χ0v) is 9.62. The third kappa shape index (κ3) is 2.94. The molecular formula is C11H23NO2. The number of unbranched alkanes of at least 4 members (excludes halogenated alkanes) is 1. The number of hydrogen-bond donors (Lipinski definition) is 1. The maximum absolute atomic E-state index is 9.99. The van der Waals surface area contributed by atoms with Crippen molar-refractivity contribution in [3.8, 4) is 0 Å². The van der Waals surface area contributed by atoms with Crippen LogP contribution in [0.3, 0.4) is 0 Å².